The highest BCUT2D eigenvalue weighted by Crippen LogP contribution is 2.46. The zero-order valence-corrected chi connectivity index (χ0v) is 20.5. The maximum absolute atomic E-state index is 13.2. The molecule has 184 valence electrons. The van der Waals surface area contributed by atoms with E-state index in [0.29, 0.717) is 18.1 Å². The highest BCUT2D eigenvalue weighted by Gasteiger charge is 2.48. The molecule has 3 atom stereocenters. The monoisotopic (exact) mass is 494 g/mol. The number of nitrogens with one attached hydrogen (secondary N) is 1. The molecule has 5 rings (SSSR count). The van der Waals surface area contributed by atoms with Crippen molar-refractivity contribution in [3.63, 3.8) is 0 Å². The smallest absolute Gasteiger partial charge is 0.407 e. The predicted molar refractivity (Wildman–Crippen MR) is 134 cm³/mol. The molecule has 1 saturated heterocycles. The molecule has 35 heavy (non-hydrogen) atoms. The molecule has 0 bridgehead atoms. The number of carboxylic acids is 1. The number of benzene rings is 2. The number of rotatable bonds is 8. The summed E-state index contributed by atoms with van der Waals surface area (Å²) in [4.78, 5) is 39.1. The molecule has 2 aromatic carbocycles. The number of amides is 2. The van der Waals surface area contributed by atoms with Crippen LogP contribution in [-0.4, -0.2) is 57.8 Å². The van der Waals surface area contributed by atoms with Gasteiger partial charge in [-0.2, -0.15) is 0 Å². The SMILES string of the molecule is CCC(CC(=O)N1C(C(=O)O)CSC1C1CC1)NC(=O)OCC1c2ccccc2-c2ccccc21. The molecule has 1 heterocycles. The summed E-state index contributed by atoms with van der Waals surface area (Å²) in [6.45, 7) is 2.10. The van der Waals surface area contributed by atoms with Crippen molar-refractivity contribution in [2.24, 2.45) is 5.92 Å². The van der Waals surface area contributed by atoms with Gasteiger partial charge in [-0.1, -0.05) is 55.5 Å². The number of nitrogens with zero attached hydrogens (tertiary/aromatic N) is 1. The third kappa shape index (κ3) is 4.76. The van der Waals surface area contributed by atoms with Gasteiger partial charge >= 0.3 is 12.1 Å². The fourth-order valence-electron chi connectivity index (χ4n) is 5.20. The molecule has 2 amide bonds. The number of fused-ring (bicyclic) bond motifs is 3. The Morgan fingerprint density at radius 2 is 1.71 bits per heavy atom. The largest absolute Gasteiger partial charge is 0.480 e. The van der Waals surface area contributed by atoms with Gasteiger partial charge in [-0.15, -0.1) is 11.8 Å². The molecule has 0 spiro atoms. The molecule has 0 radical (unpaired) electrons. The summed E-state index contributed by atoms with van der Waals surface area (Å²) >= 11 is 1.56. The molecule has 3 aliphatic rings. The molecule has 1 saturated carbocycles. The molecule has 0 aromatic heterocycles. The Hall–Kier alpha value is -3.00. The van der Waals surface area contributed by atoms with Crippen LogP contribution in [0, 0.1) is 5.92 Å². The Morgan fingerprint density at radius 1 is 1.09 bits per heavy atom. The van der Waals surface area contributed by atoms with E-state index in [1.807, 2.05) is 31.2 Å². The fourth-order valence-corrected chi connectivity index (χ4v) is 6.85. The standard InChI is InChI=1S/C27H30N2O5S/c1-2-17(13-24(30)29-23(26(31)32)15-35-25(29)16-11-12-16)28-27(33)34-14-22-20-9-5-3-7-18(20)19-8-4-6-10-21(19)22/h3-10,16-17,22-23,25H,2,11-15H2,1H3,(H,28,33)(H,31,32). The van der Waals surface area contributed by atoms with Gasteiger partial charge in [0.25, 0.3) is 0 Å². The number of alkyl carbamates (subject to hydrolysis) is 1. The molecule has 2 aromatic rings. The van der Waals surface area contributed by atoms with Gasteiger partial charge in [-0.3, -0.25) is 4.79 Å². The average molecular weight is 495 g/mol. The normalized spacial score (nSPS) is 21.8. The van der Waals surface area contributed by atoms with Gasteiger partial charge in [0, 0.05) is 24.1 Å². The number of ether oxygens (including phenoxy) is 1. The van der Waals surface area contributed by atoms with E-state index in [0.717, 1.165) is 35.1 Å². The number of hydrogen-bond acceptors (Lipinski definition) is 5. The van der Waals surface area contributed by atoms with Crippen LogP contribution < -0.4 is 5.32 Å². The molecule has 2 fully saturated rings. The lowest BCUT2D eigenvalue weighted by Crippen LogP contribution is -2.48. The molecule has 3 unspecified atom stereocenters. The lowest BCUT2D eigenvalue weighted by molar-refractivity contribution is -0.149. The van der Waals surface area contributed by atoms with E-state index < -0.39 is 24.1 Å². The van der Waals surface area contributed by atoms with Crippen molar-refractivity contribution in [3.05, 3.63) is 59.7 Å². The van der Waals surface area contributed by atoms with E-state index in [2.05, 4.69) is 29.6 Å². The van der Waals surface area contributed by atoms with E-state index >= 15 is 0 Å². The number of aliphatic carboxylic acids is 1. The molecule has 2 N–H and O–H groups in total. The summed E-state index contributed by atoms with van der Waals surface area (Å²) in [6, 6.07) is 15.1. The van der Waals surface area contributed by atoms with Gasteiger partial charge in [0.1, 0.15) is 12.6 Å². The first kappa shape index (κ1) is 23.7. The van der Waals surface area contributed by atoms with Gasteiger partial charge in [0.15, 0.2) is 0 Å². The van der Waals surface area contributed by atoms with Crippen molar-refractivity contribution in [2.75, 3.05) is 12.4 Å². The third-order valence-corrected chi connectivity index (χ3v) is 8.67. The van der Waals surface area contributed by atoms with E-state index in [-0.39, 0.29) is 30.2 Å². The second-order valence-electron chi connectivity index (χ2n) is 9.50. The van der Waals surface area contributed by atoms with Gasteiger partial charge < -0.3 is 20.1 Å². The lowest BCUT2D eigenvalue weighted by atomic mass is 9.98. The predicted octanol–water partition coefficient (Wildman–Crippen LogP) is 4.46. The van der Waals surface area contributed by atoms with E-state index in [9.17, 15) is 19.5 Å². The van der Waals surface area contributed by atoms with Crippen LogP contribution in [0.1, 0.15) is 49.7 Å². The summed E-state index contributed by atoms with van der Waals surface area (Å²) in [5, 5.41) is 12.4. The molecular formula is C27H30N2O5S. The van der Waals surface area contributed by atoms with Crippen molar-refractivity contribution < 1.29 is 24.2 Å². The van der Waals surface area contributed by atoms with Crippen LogP contribution in [0.25, 0.3) is 11.1 Å². The van der Waals surface area contributed by atoms with Crippen LogP contribution in [0.2, 0.25) is 0 Å². The number of carbonyl (C=O) groups is 3. The Kier molecular flexibility index (Phi) is 6.73. The van der Waals surface area contributed by atoms with E-state index in [4.69, 9.17) is 4.74 Å². The Labute approximate surface area is 209 Å². The Morgan fingerprint density at radius 3 is 2.29 bits per heavy atom. The van der Waals surface area contributed by atoms with Crippen LogP contribution in [0.4, 0.5) is 4.79 Å². The van der Waals surface area contributed by atoms with Gasteiger partial charge in [0.2, 0.25) is 5.91 Å². The minimum Gasteiger partial charge on any atom is -0.480 e. The first-order valence-corrected chi connectivity index (χ1v) is 13.3. The molecule has 8 heteroatoms. The van der Waals surface area contributed by atoms with Crippen LogP contribution in [0.3, 0.4) is 0 Å². The lowest BCUT2D eigenvalue weighted by Gasteiger charge is -2.29. The van der Waals surface area contributed by atoms with Crippen molar-refractivity contribution in [1.82, 2.24) is 10.2 Å². The van der Waals surface area contributed by atoms with E-state index in [1.54, 1.807) is 16.7 Å². The van der Waals surface area contributed by atoms with Gasteiger partial charge in [-0.25, -0.2) is 9.59 Å². The second kappa shape index (κ2) is 9.93. The minimum atomic E-state index is -0.966. The van der Waals surface area contributed by atoms with Crippen LogP contribution >= 0.6 is 11.8 Å². The minimum absolute atomic E-state index is 0.0351. The Balaban J connectivity index is 1.20. The zero-order chi connectivity index (χ0) is 24.5. The van der Waals surface area contributed by atoms with Crippen molar-refractivity contribution in [2.45, 2.75) is 56.0 Å². The maximum Gasteiger partial charge on any atom is 0.407 e. The topological polar surface area (TPSA) is 95.9 Å². The summed E-state index contributed by atoms with van der Waals surface area (Å²) in [6.07, 6.45) is 2.11. The third-order valence-electron chi connectivity index (χ3n) is 7.21. The summed E-state index contributed by atoms with van der Waals surface area (Å²) < 4.78 is 5.63. The van der Waals surface area contributed by atoms with Crippen molar-refractivity contribution >= 4 is 29.7 Å². The Bertz CT molecular complexity index is 1090. The molecule has 7 nitrogen and oxygen atoms in total. The zero-order valence-electron chi connectivity index (χ0n) is 19.7. The average Bonchev–Trinajstić information content (AvgIpc) is 3.52. The van der Waals surface area contributed by atoms with Gasteiger partial charge in [0.05, 0.1) is 5.37 Å². The highest BCUT2D eigenvalue weighted by atomic mass is 32.2. The van der Waals surface area contributed by atoms with Gasteiger partial charge in [-0.05, 0) is 47.4 Å². The highest BCUT2D eigenvalue weighted by molar-refractivity contribution is 8.00. The first-order valence-electron chi connectivity index (χ1n) is 12.2. The molecular weight excluding hydrogens is 464 g/mol. The number of carbonyl (C=O) groups excluding carboxylic acids is 2. The van der Waals surface area contributed by atoms with Crippen LogP contribution in [-0.2, 0) is 14.3 Å². The first-order chi connectivity index (χ1) is 17.0. The summed E-state index contributed by atoms with van der Waals surface area (Å²) in [5.41, 5.74) is 4.61. The number of hydrogen-bond donors (Lipinski definition) is 2. The fraction of sp³-hybridized carbons (Fsp3) is 0.444. The van der Waals surface area contributed by atoms with E-state index in [1.165, 1.54) is 0 Å². The maximum atomic E-state index is 13.2. The van der Waals surface area contributed by atoms with Crippen molar-refractivity contribution in [3.8, 4) is 11.1 Å². The second-order valence-corrected chi connectivity index (χ2v) is 10.6. The number of carboxylic acid groups (broad SMARTS) is 1. The quantitative estimate of drug-likeness (QED) is 0.563. The van der Waals surface area contributed by atoms with Crippen LogP contribution in [0.15, 0.2) is 48.5 Å². The number of thioether (sulfide) groups is 1. The molecule has 1 aliphatic heterocycles. The van der Waals surface area contributed by atoms with Crippen LogP contribution in [0.5, 0.6) is 0 Å². The molecule has 2 aliphatic carbocycles. The summed E-state index contributed by atoms with van der Waals surface area (Å²) in [7, 11) is 0. The summed E-state index contributed by atoms with van der Waals surface area (Å²) in [5.74, 6) is -0.425. The van der Waals surface area contributed by atoms with Crippen molar-refractivity contribution in [1.29, 1.82) is 0 Å².